The maximum atomic E-state index is 12.5. The molecule has 21 heavy (non-hydrogen) atoms. The number of carbonyl (C=O) groups excluding carboxylic acids is 2. The highest BCUT2D eigenvalue weighted by molar-refractivity contribution is 6.21. The summed E-state index contributed by atoms with van der Waals surface area (Å²) in [6.45, 7) is 0. The highest BCUT2D eigenvalue weighted by Crippen LogP contribution is 2.53. The van der Waals surface area contributed by atoms with Crippen molar-refractivity contribution in [3.05, 3.63) is 70.8 Å². The molecule has 3 aliphatic rings. The molecule has 0 saturated carbocycles. The van der Waals surface area contributed by atoms with E-state index in [-0.39, 0.29) is 23.9 Å². The average molecular weight is 276 g/mol. The van der Waals surface area contributed by atoms with E-state index in [0.29, 0.717) is 11.1 Å². The molecule has 0 spiro atoms. The van der Waals surface area contributed by atoms with Crippen molar-refractivity contribution in [2.24, 2.45) is 0 Å². The van der Waals surface area contributed by atoms with Crippen molar-refractivity contribution >= 4 is 11.8 Å². The molecule has 4 heteroatoms. The topological polar surface area (TPSA) is 40.4 Å². The summed E-state index contributed by atoms with van der Waals surface area (Å²) in [5, 5.41) is 3.28. The normalized spacial score (nSPS) is 28.4. The number of hydrogen-bond donors (Lipinski definition) is 0. The lowest BCUT2D eigenvalue weighted by atomic mass is 10.1. The van der Waals surface area contributed by atoms with Gasteiger partial charge in [-0.05, 0) is 29.7 Å². The maximum Gasteiger partial charge on any atom is 0.276 e. The van der Waals surface area contributed by atoms with Crippen LogP contribution in [0.5, 0.6) is 0 Å². The van der Waals surface area contributed by atoms with Gasteiger partial charge in [-0.2, -0.15) is 5.01 Å². The van der Waals surface area contributed by atoms with Crippen molar-refractivity contribution in [3.8, 4) is 0 Å². The van der Waals surface area contributed by atoms with Crippen molar-refractivity contribution < 1.29 is 9.59 Å². The largest absolute Gasteiger partial charge is 0.276 e. The molecule has 0 N–H and O–H groups in total. The number of benzene rings is 2. The summed E-state index contributed by atoms with van der Waals surface area (Å²) in [5.74, 6) is -0.384. The van der Waals surface area contributed by atoms with E-state index in [0.717, 1.165) is 6.42 Å². The molecule has 2 heterocycles. The number of fused-ring (bicyclic) bond motifs is 4. The molecule has 5 rings (SSSR count). The number of hydrazine groups is 1. The van der Waals surface area contributed by atoms with Crippen LogP contribution in [0, 0.1) is 0 Å². The Balaban J connectivity index is 1.53. The number of carbonyl (C=O) groups is 2. The van der Waals surface area contributed by atoms with E-state index in [4.69, 9.17) is 0 Å². The third-order valence-corrected chi connectivity index (χ3v) is 4.71. The van der Waals surface area contributed by atoms with E-state index in [1.165, 1.54) is 16.1 Å². The zero-order valence-electron chi connectivity index (χ0n) is 11.2. The molecule has 0 aromatic heterocycles. The van der Waals surface area contributed by atoms with E-state index in [2.05, 4.69) is 12.1 Å². The van der Waals surface area contributed by atoms with Crippen molar-refractivity contribution in [1.82, 2.24) is 10.0 Å². The zero-order valence-corrected chi connectivity index (χ0v) is 11.2. The van der Waals surface area contributed by atoms with Crippen LogP contribution in [0.1, 0.15) is 37.9 Å². The monoisotopic (exact) mass is 276 g/mol. The molecule has 2 aromatic carbocycles. The van der Waals surface area contributed by atoms with Crippen molar-refractivity contribution in [2.75, 3.05) is 0 Å². The smallest absolute Gasteiger partial charge is 0.267 e. The minimum absolute atomic E-state index is 0.184. The van der Waals surface area contributed by atoms with Gasteiger partial charge in [0.05, 0.1) is 23.2 Å². The Hall–Kier alpha value is -2.46. The second-order valence-corrected chi connectivity index (χ2v) is 5.76. The Morgan fingerprint density at radius 3 is 2.19 bits per heavy atom. The Morgan fingerprint density at radius 2 is 1.48 bits per heavy atom. The molecule has 2 amide bonds. The van der Waals surface area contributed by atoms with Crippen LogP contribution >= 0.6 is 0 Å². The summed E-state index contributed by atoms with van der Waals surface area (Å²) >= 11 is 0. The summed E-state index contributed by atoms with van der Waals surface area (Å²) in [4.78, 5) is 25.0. The van der Waals surface area contributed by atoms with Crippen LogP contribution in [0.2, 0.25) is 0 Å². The molecule has 3 unspecified atom stereocenters. The summed E-state index contributed by atoms with van der Waals surface area (Å²) in [7, 11) is 0. The molecule has 3 atom stereocenters. The number of amides is 2. The zero-order chi connectivity index (χ0) is 14.1. The minimum Gasteiger partial charge on any atom is -0.267 e. The number of rotatable bonds is 1. The highest BCUT2D eigenvalue weighted by atomic mass is 16.2. The molecular formula is C17H12N2O2. The van der Waals surface area contributed by atoms with Gasteiger partial charge in [-0.25, -0.2) is 5.01 Å². The third-order valence-electron chi connectivity index (χ3n) is 4.71. The fraction of sp³-hybridized carbons (Fsp3) is 0.176. The highest BCUT2D eigenvalue weighted by Gasteiger charge is 2.60. The summed E-state index contributed by atoms with van der Waals surface area (Å²) in [5.41, 5.74) is 3.61. The molecule has 0 bridgehead atoms. The van der Waals surface area contributed by atoms with Crippen LogP contribution in [-0.2, 0) is 6.42 Å². The first-order valence-corrected chi connectivity index (χ1v) is 7.11. The summed E-state index contributed by atoms with van der Waals surface area (Å²) in [6.07, 6.45) is 0.911. The first kappa shape index (κ1) is 11.2. The summed E-state index contributed by atoms with van der Waals surface area (Å²) in [6, 6.07) is 15.8. The van der Waals surface area contributed by atoms with Crippen LogP contribution < -0.4 is 0 Å². The quantitative estimate of drug-likeness (QED) is 0.592. The Bertz CT molecular complexity index is 779. The molecule has 0 radical (unpaired) electrons. The van der Waals surface area contributed by atoms with Gasteiger partial charge in [0.1, 0.15) is 0 Å². The van der Waals surface area contributed by atoms with Gasteiger partial charge in [-0.15, -0.1) is 0 Å². The van der Waals surface area contributed by atoms with E-state index in [1.54, 1.807) is 24.3 Å². The average Bonchev–Trinajstić information content (AvgIpc) is 2.96. The SMILES string of the molecule is O=C1c2ccccc2C(=O)N1N1C2Cc3ccccc3C21. The van der Waals surface area contributed by atoms with Gasteiger partial charge in [0.25, 0.3) is 11.8 Å². The molecule has 1 aliphatic carbocycles. The van der Waals surface area contributed by atoms with Gasteiger partial charge in [0.15, 0.2) is 0 Å². The van der Waals surface area contributed by atoms with Crippen LogP contribution in [0.25, 0.3) is 0 Å². The number of hydrogen-bond acceptors (Lipinski definition) is 3. The van der Waals surface area contributed by atoms with Gasteiger partial charge in [0.2, 0.25) is 0 Å². The number of nitrogens with zero attached hydrogens (tertiary/aromatic N) is 2. The van der Waals surface area contributed by atoms with Crippen molar-refractivity contribution in [2.45, 2.75) is 18.5 Å². The van der Waals surface area contributed by atoms with Gasteiger partial charge in [0, 0.05) is 0 Å². The maximum absolute atomic E-state index is 12.5. The van der Waals surface area contributed by atoms with Gasteiger partial charge < -0.3 is 0 Å². The molecular weight excluding hydrogens is 264 g/mol. The predicted molar refractivity (Wildman–Crippen MR) is 75.5 cm³/mol. The van der Waals surface area contributed by atoms with Crippen LogP contribution in [-0.4, -0.2) is 27.9 Å². The molecule has 102 valence electrons. The molecule has 2 aliphatic heterocycles. The predicted octanol–water partition coefficient (Wildman–Crippen LogP) is 2.18. The van der Waals surface area contributed by atoms with Crippen LogP contribution in [0.3, 0.4) is 0 Å². The Labute approximate surface area is 121 Å². The molecule has 1 fully saturated rings. The fourth-order valence-electron chi connectivity index (χ4n) is 3.71. The first-order valence-electron chi connectivity index (χ1n) is 7.11. The van der Waals surface area contributed by atoms with E-state index in [1.807, 2.05) is 17.1 Å². The van der Waals surface area contributed by atoms with Crippen molar-refractivity contribution in [1.29, 1.82) is 0 Å². The summed E-state index contributed by atoms with van der Waals surface area (Å²) < 4.78 is 0. The van der Waals surface area contributed by atoms with Crippen molar-refractivity contribution in [3.63, 3.8) is 0 Å². The second kappa shape index (κ2) is 3.59. The lowest BCUT2D eigenvalue weighted by Crippen LogP contribution is -2.37. The van der Waals surface area contributed by atoms with Gasteiger partial charge in [-0.1, -0.05) is 36.4 Å². The van der Waals surface area contributed by atoms with Gasteiger partial charge in [-0.3, -0.25) is 9.59 Å². The molecule has 1 saturated heterocycles. The fourth-order valence-corrected chi connectivity index (χ4v) is 3.71. The minimum atomic E-state index is -0.192. The van der Waals surface area contributed by atoms with E-state index >= 15 is 0 Å². The Kier molecular flexibility index (Phi) is 1.92. The lowest BCUT2D eigenvalue weighted by Gasteiger charge is -2.19. The standard InChI is InChI=1S/C17H12N2O2/c20-16-12-7-3-4-8-13(12)17(21)19(16)18-14-9-10-5-1-2-6-11(10)15(14)18/h1-8,14-15H,9H2. The van der Waals surface area contributed by atoms with E-state index in [9.17, 15) is 9.59 Å². The number of imide groups is 1. The third kappa shape index (κ3) is 1.28. The molecule has 2 aromatic rings. The lowest BCUT2D eigenvalue weighted by molar-refractivity contribution is 0.0335. The van der Waals surface area contributed by atoms with Crippen LogP contribution in [0.15, 0.2) is 48.5 Å². The Morgan fingerprint density at radius 1 is 0.857 bits per heavy atom. The van der Waals surface area contributed by atoms with Crippen LogP contribution in [0.4, 0.5) is 0 Å². The van der Waals surface area contributed by atoms with Gasteiger partial charge >= 0.3 is 0 Å². The second-order valence-electron chi connectivity index (χ2n) is 5.76. The first-order chi connectivity index (χ1) is 10.3. The van der Waals surface area contributed by atoms with E-state index < -0.39 is 0 Å². The molecule has 4 nitrogen and oxygen atoms in total.